The molecule has 1 fully saturated rings. The standard InChI is InChI=1S/C24H28N4O6S2/c1-14(23(30)31)28-36(32,33)17-9-7-16(8-10-17)18(13-15-5-3-4-6-15)21(29)27-24-25-19-11-12-20(34-2)26-22(19)35-24/h7-12,14-15,18,28H,3-6,13H2,1-2H3,(H,30,31)(H,25,27,29)/t14?,18-/m1/s1. The van der Waals surface area contributed by atoms with E-state index in [4.69, 9.17) is 9.84 Å². The van der Waals surface area contributed by atoms with Crippen LogP contribution in [0.3, 0.4) is 0 Å². The van der Waals surface area contributed by atoms with Crippen molar-refractivity contribution in [3.8, 4) is 5.88 Å². The summed E-state index contributed by atoms with van der Waals surface area (Å²) in [6.07, 6.45) is 5.02. The zero-order valence-electron chi connectivity index (χ0n) is 19.9. The first-order chi connectivity index (χ1) is 17.2. The number of benzene rings is 1. The Bertz CT molecular complexity index is 1350. The van der Waals surface area contributed by atoms with Gasteiger partial charge in [0.05, 0.1) is 17.9 Å². The van der Waals surface area contributed by atoms with Gasteiger partial charge in [-0.05, 0) is 43.0 Å². The summed E-state index contributed by atoms with van der Waals surface area (Å²) in [7, 11) is -2.48. The molecule has 0 saturated heterocycles. The molecule has 2 atom stereocenters. The van der Waals surface area contributed by atoms with Gasteiger partial charge in [0.1, 0.15) is 16.4 Å². The average Bonchev–Trinajstić information content (AvgIpc) is 3.51. The van der Waals surface area contributed by atoms with E-state index >= 15 is 0 Å². The van der Waals surface area contributed by atoms with Crippen LogP contribution in [0.4, 0.5) is 5.13 Å². The number of hydrogen-bond acceptors (Lipinski definition) is 8. The van der Waals surface area contributed by atoms with Crippen LogP contribution in [-0.4, -0.2) is 48.5 Å². The highest BCUT2D eigenvalue weighted by Crippen LogP contribution is 2.36. The summed E-state index contributed by atoms with van der Waals surface area (Å²) in [5, 5.41) is 12.4. The van der Waals surface area contributed by atoms with E-state index in [0.29, 0.717) is 39.3 Å². The molecule has 2 aromatic heterocycles. The van der Waals surface area contributed by atoms with Crippen LogP contribution in [0.15, 0.2) is 41.3 Å². The van der Waals surface area contributed by atoms with Gasteiger partial charge in [-0.25, -0.2) is 18.4 Å². The number of methoxy groups -OCH3 is 1. The van der Waals surface area contributed by atoms with Gasteiger partial charge in [0, 0.05) is 6.07 Å². The number of amides is 1. The largest absolute Gasteiger partial charge is 0.481 e. The quantitative estimate of drug-likeness (QED) is 0.358. The lowest BCUT2D eigenvalue weighted by Gasteiger charge is -2.20. The number of pyridine rings is 1. The number of carbonyl (C=O) groups is 2. The minimum absolute atomic E-state index is 0.0643. The van der Waals surface area contributed by atoms with Gasteiger partial charge < -0.3 is 15.2 Å². The van der Waals surface area contributed by atoms with E-state index < -0.39 is 28.0 Å². The third-order valence-electron chi connectivity index (χ3n) is 6.32. The van der Waals surface area contributed by atoms with E-state index in [-0.39, 0.29) is 10.8 Å². The fourth-order valence-corrected chi connectivity index (χ4v) is 6.39. The highest BCUT2D eigenvalue weighted by Gasteiger charge is 2.28. The second kappa shape index (κ2) is 10.9. The van der Waals surface area contributed by atoms with Crippen molar-refractivity contribution in [3.05, 3.63) is 42.0 Å². The van der Waals surface area contributed by atoms with E-state index in [1.807, 2.05) is 0 Å². The number of rotatable bonds is 10. The molecule has 3 N–H and O–H groups in total. The van der Waals surface area contributed by atoms with Gasteiger partial charge in [0.25, 0.3) is 0 Å². The molecule has 1 aliphatic carbocycles. The molecule has 0 radical (unpaired) electrons. The molecule has 2 heterocycles. The number of nitrogens with one attached hydrogen (secondary N) is 2. The number of anilines is 1. The fourth-order valence-electron chi connectivity index (χ4n) is 4.36. The van der Waals surface area contributed by atoms with E-state index in [9.17, 15) is 18.0 Å². The van der Waals surface area contributed by atoms with Crippen LogP contribution in [0.1, 0.15) is 50.5 Å². The Hall–Kier alpha value is -3.09. The van der Waals surface area contributed by atoms with Crippen molar-refractivity contribution in [2.24, 2.45) is 5.92 Å². The SMILES string of the molecule is COc1ccc2nc(NC(=O)[C@H](CC3CCCC3)c3ccc(S(=O)(=O)NC(C)C(=O)O)cc3)sc2n1. The number of carboxylic acids is 1. The molecular formula is C24H28N4O6S2. The van der Waals surface area contributed by atoms with Gasteiger partial charge >= 0.3 is 5.97 Å². The van der Waals surface area contributed by atoms with Crippen molar-refractivity contribution < 1.29 is 27.9 Å². The summed E-state index contributed by atoms with van der Waals surface area (Å²) in [4.78, 5) is 33.9. The lowest BCUT2D eigenvalue weighted by atomic mass is 9.87. The third-order valence-corrected chi connectivity index (χ3v) is 8.76. The monoisotopic (exact) mass is 532 g/mol. The number of sulfonamides is 1. The summed E-state index contributed by atoms with van der Waals surface area (Å²) in [5.74, 6) is -1.12. The Balaban J connectivity index is 1.56. The van der Waals surface area contributed by atoms with Gasteiger partial charge in [-0.2, -0.15) is 4.72 Å². The Morgan fingerprint density at radius 2 is 1.83 bits per heavy atom. The average molecular weight is 533 g/mol. The summed E-state index contributed by atoms with van der Waals surface area (Å²) in [5.41, 5.74) is 1.34. The maximum atomic E-state index is 13.4. The highest BCUT2D eigenvalue weighted by atomic mass is 32.2. The van der Waals surface area contributed by atoms with Crippen molar-refractivity contribution in [1.82, 2.24) is 14.7 Å². The minimum Gasteiger partial charge on any atom is -0.481 e. The predicted molar refractivity (Wildman–Crippen MR) is 136 cm³/mol. The van der Waals surface area contributed by atoms with Crippen molar-refractivity contribution in [2.75, 3.05) is 12.4 Å². The van der Waals surface area contributed by atoms with Crippen molar-refractivity contribution in [2.45, 2.75) is 55.9 Å². The number of aromatic nitrogens is 2. The smallest absolute Gasteiger partial charge is 0.321 e. The van der Waals surface area contributed by atoms with Crippen LogP contribution >= 0.6 is 11.3 Å². The zero-order valence-corrected chi connectivity index (χ0v) is 21.6. The van der Waals surface area contributed by atoms with Crippen LogP contribution in [0.2, 0.25) is 0 Å². The van der Waals surface area contributed by atoms with E-state index in [1.54, 1.807) is 24.3 Å². The molecule has 1 aromatic carbocycles. The summed E-state index contributed by atoms with van der Waals surface area (Å²) in [6.45, 7) is 1.25. The third kappa shape index (κ3) is 6.00. The summed E-state index contributed by atoms with van der Waals surface area (Å²) in [6, 6.07) is 8.25. The molecule has 0 spiro atoms. The lowest BCUT2D eigenvalue weighted by Crippen LogP contribution is -2.38. The topological polar surface area (TPSA) is 148 Å². The molecule has 10 nitrogen and oxygen atoms in total. The first-order valence-corrected chi connectivity index (χ1v) is 13.9. The van der Waals surface area contributed by atoms with Crippen LogP contribution in [0.25, 0.3) is 10.3 Å². The van der Waals surface area contributed by atoms with Crippen LogP contribution < -0.4 is 14.8 Å². The molecule has 1 amide bonds. The number of hydrogen-bond donors (Lipinski definition) is 3. The predicted octanol–water partition coefficient (Wildman–Crippen LogP) is 3.75. The van der Waals surface area contributed by atoms with Crippen LogP contribution in [0.5, 0.6) is 5.88 Å². The lowest BCUT2D eigenvalue weighted by molar-refractivity contribution is -0.138. The first kappa shape index (κ1) is 26.0. The molecule has 12 heteroatoms. The number of carbonyl (C=O) groups excluding carboxylic acids is 1. The van der Waals surface area contributed by atoms with Gasteiger partial charge in [-0.1, -0.05) is 49.2 Å². The maximum Gasteiger partial charge on any atom is 0.321 e. The molecule has 1 saturated carbocycles. The summed E-state index contributed by atoms with van der Waals surface area (Å²) >= 11 is 1.25. The summed E-state index contributed by atoms with van der Waals surface area (Å²) < 4.78 is 32.4. The molecule has 3 aromatic rings. The van der Waals surface area contributed by atoms with Gasteiger partial charge in [-0.3, -0.25) is 9.59 Å². The molecule has 4 rings (SSSR count). The normalized spacial score (nSPS) is 16.1. The number of fused-ring (bicyclic) bond motifs is 1. The Kier molecular flexibility index (Phi) is 7.86. The van der Waals surface area contributed by atoms with E-state index in [1.165, 1.54) is 37.5 Å². The van der Waals surface area contributed by atoms with Crippen molar-refractivity contribution >= 4 is 48.7 Å². The number of nitrogens with zero attached hydrogens (tertiary/aromatic N) is 2. The number of thiazole rings is 1. The highest BCUT2D eigenvalue weighted by molar-refractivity contribution is 7.89. The molecule has 1 unspecified atom stereocenters. The second-order valence-electron chi connectivity index (χ2n) is 8.88. The molecule has 0 bridgehead atoms. The first-order valence-electron chi connectivity index (χ1n) is 11.6. The van der Waals surface area contributed by atoms with Gasteiger partial charge in [-0.15, -0.1) is 0 Å². The molecule has 36 heavy (non-hydrogen) atoms. The Morgan fingerprint density at radius 1 is 1.14 bits per heavy atom. The molecule has 0 aliphatic heterocycles. The zero-order chi connectivity index (χ0) is 25.9. The van der Waals surface area contributed by atoms with E-state index in [2.05, 4.69) is 20.0 Å². The number of carboxylic acid groups (broad SMARTS) is 1. The van der Waals surface area contributed by atoms with Gasteiger partial charge in [0.15, 0.2) is 5.13 Å². The molecule has 1 aliphatic rings. The minimum atomic E-state index is -4.02. The Morgan fingerprint density at radius 3 is 2.47 bits per heavy atom. The maximum absolute atomic E-state index is 13.4. The van der Waals surface area contributed by atoms with Crippen molar-refractivity contribution in [3.63, 3.8) is 0 Å². The Labute approximate surface area is 213 Å². The molecule has 192 valence electrons. The van der Waals surface area contributed by atoms with Gasteiger partial charge in [0.2, 0.25) is 21.8 Å². The second-order valence-corrected chi connectivity index (χ2v) is 11.6. The van der Waals surface area contributed by atoms with Crippen LogP contribution in [0, 0.1) is 5.92 Å². The van der Waals surface area contributed by atoms with Crippen molar-refractivity contribution in [1.29, 1.82) is 0 Å². The van der Waals surface area contributed by atoms with Crippen LogP contribution in [-0.2, 0) is 19.6 Å². The fraction of sp³-hybridized carbons (Fsp3) is 0.417. The molecular weight excluding hydrogens is 504 g/mol. The number of ether oxygens (including phenoxy) is 1. The van der Waals surface area contributed by atoms with E-state index in [0.717, 1.165) is 25.7 Å². The number of aliphatic carboxylic acids is 1.